The van der Waals surface area contributed by atoms with Crippen LogP contribution in [0.15, 0.2) is 65.3 Å². The molecule has 4 nitrogen and oxygen atoms in total. The van der Waals surface area contributed by atoms with Gasteiger partial charge >= 0.3 is 0 Å². The zero-order chi connectivity index (χ0) is 16.9. The van der Waals surface area contributed by atoms with E-state index in [1.165, 1.54) is 5.56 Å². The van der Waals surface area contributed by atoms with Crippen molar-refractivity contribution in [3.63, 3.8) is 0 Å². The molecule has 0 unspecified atom stereocenters. The van der Waals surface area contributed by atoms with Gasteiger partial charge in [0.25, 0.3) is 0 Å². The van der Waals surface area contributed by atoms with Crippen molar-refractivity contribution >= 4 is 0 Å². The summed E-state index contributed by atoms with van der Waals surface area (Å²) < 4.78 is 5.96. The average molecular weight is 317 g/mol. The molecule has 0 saturated carbocycles. The fourth-order valence-corrected chi connectivity index (χ4v) is 2.68. The molecule has 0 aliphatic carbocycles. The Labute approximate surface area is 142 Å². The maximum absolute atomic E-state index is 9.23. The average Bonchev–Trinajstić information content (AvgIpc) is 3.10. The van der Waals surface area contributed by atoms with Crippen LogP contribution in [0.4, 0.5) is 0 Å². The van der Waals surface area contributed by atoms with Gasteiger partial charge in [0.1, 0.15) is 11.5 Å². The summed E-state index contributed by atoms with van der Waals surface area (Å²) in [6, 6.07) is 17.9. The van der Waals surface area contributed by atoms with Gasteiger partial charge in [-0.2, -0.15) is 5.26 Å². The number of nitrogens with zero attached hydrogens (tertiary/aromatic N) is 3. The van der Waals surface area contributed by atoms with Crippen LogP contribution in [0.5, 0.6) is 0 Å². The van der Waals surface area contributed by atoms with Crippen molar-refractivity contribution in [2.75, 3.05) is 7.05 Å². The molecule has 4 heteroatoms. The lowest BCUT2D eigenvalue weighted by molar-refractivity contribution is 0.233. The summed E-state index contributed by atoms with van der Waals surface area (Å²) in [5.41, 5.74) is 2.67. The van der Waals surface area contributed by atoms with E-state index in [2.05, 4.69) is 29.9 Å². The third-order valence-corrected chi connectivity index (χ3v) is 4.23. The SMILES string of the molecule is C[C@@H](c1ccncc1)N(C)Cc1ccc(-c2ccccc2C#N)o1. The number of pyridine rings is 1. The number of hydrogen-bond donors (Lipinski definition) is 0. The lowest BCUT2D eigenvalue weighted by Gasteiger charge is -2.23. The molecule has 0 aliphatic rings. The summed E-state index contributed by atoms with van der Waals surface area (Å²) >= 11 is 0. The van der Waals surface area contributed by atoms with Gasteiger partial charge in [0, 0.05) is 24.0 Å². The lowest BCUT2D eigenvalue weighted by atomic mass is 10.1. The number of rotatable bonds is 5. The molecule has 0 spiro atoms. The van der Waals surface area contributed by atoms with Crippen LogP contribution >= 0.6 is 0 Å². The molecule has 120 valence electrons. The van der Waals surface area contributed by atoms with Crippen molar-refractivity contribution < 1.29 is 4.42 Å². The molecule has 3 rings (SSSR count). The maximum atomic E-state index is 9.23. The Morgan fingerprint density at radius 3 is 2.62 bits per heavy atom. The molecule has 24 heavy (non-hydrogen) atoms. The summed E-state index contributed by atoms with van der Waals surface area (Å²) in [6.07, 6.45) is 3.62. The molecule has 0 fully saturated rings. The van der Waals surface area contributed by atoms with Crippen LogP contribution in [-0.4, -0.2) is 16.9 Å². The van der Waals surface area contributed by atoms with Gasteiger partial charge in [-0.1, -0.05) is 12.1 Å². The first kappa shape index (κ1) is 16.0. The minimum atomic E-state index is 0.257. The van der Waals surface area contributed by atoms with Gasteiger partial charge in [-0.05, 0) is 55.9 Å². The molecule has 0 aliphatic heterocycles. The quantitative estimate of drug-likeness (QED) is 0.699. The van der Waals surface area contributed by atoms with Gasteiger partial charge in [-0.3, -0.25) is 9.88 Å². The van der Waals surface area contributed by atoms with Crippen molar-refractivity contribution in [3.05, 3.63) is 77.8 Å². The number of furan rings is 1. The molecule has 2 aromatic heterocycles. The van der Waals surface area contributed by atoms with Crippen LogP contribution in [0.25, 0.3) is 11.3 Å². The fourth-order valence-electron chi connectivity index (χ4n) is 2.68. The van der Waals surface area contributed by atoms with E-state index in [1.54, 1.807) is 6.07 Å². The Morgan fingerprint density at radius 2 is 1.88 bits per heavy atom. The van der Waals surface area contributed by atoms with Crippen molar-refractivity contribution in [2.45, 2.75) is 19.5 Å². The van der Waals surface area contributed by atoms with E-state index in [9.17, 15) is 5.26 Å². The molecule has 0 radical (unpaired) electrons. The molecule has 0 N–H and O–H groups in total. The Kier molecular flexibility index (Phi) is 4.74. The van der Waals surface area contributed by atoms with Gasteiger partial charge in [-0.25, -0.2) is 0 Å². The van der Waals surface area contributed by atoms with Crippen molar-refractivity contribution in [2.24, 2.45) is 0 Å². The van der Waals surface area contributed by atoms with Crippen LogP contribution in [0, 0.1) is 11.3 Å². The second kappa shape index (κ2) is 7.12. The van der Waals surface area contributed by atoms with E-state index in [1.807, 2.05) is 54.9 Å². The highest BCUT2D eigenvalue weighted by Crippen LogP contribution is 2.27. The first-order valence-corrected chi connectivity index (χ1v) is 7.87. The highest BCUT2D eigenvalue weighted by molar-refractivity contribution is 5.66. The van der Waals surface area contributed by atoms with Gasteiger partial charge in [-0.15, -0.1) is 0 Å². The first-order valence-electron chi connectivity index (χ1n) is 7.87. The molecule has 0 amide bonds. The summed E-state index contributed by atoms with van der Waals surface area (Å²) in [5, 5.41) is 9.23. The predicted octanol–water partition coefficient (Wildman–Crippen LogP) is 4.41. The van der Waals surface area contributed by atoms with Crippen LogP contribution < -0.4 is 0 Å². The first-order chi connectivity index (χ1) is 11.7. The van der Waals surface area contributed by atoms with E-state index in [-0.39, 0.29) is 6.04 Å². The highest BCUT2D eigenvalue weighted by Gasteiger charge is 2.15. The van der Waals surface area contributed by atoms with Gasteiger partial charge in [0.15, 0.2) is 0 Å². The number of aromatic nitrogens is 1. The van der Waals surface area contributed by atoms with Gasteiger partial charge in [0.2, 0.25) is 0 Å². The Balaban J connectivity index is 1.76. The normalized spacial score (nSPS) is 12.1. The highest BCUT2D eigenvalue weighted by atomic mass is 16.3. The zero-order valence-electron chi connectivity index (χ0n) is 13.8. The van der Waals surface area contributed by atoms with Crippen LogP contribution in [0.2, 0.25) is 0 Å². The second-order valence-corrected chi connectivity index (χ2v) is 5.79. The Bertz CT molecular complexity index is 849. The molecule has 1 atom stereocenters. The lowest BCUT2D eigenvalue weighted by Crippen LogP contribution is -2.21. The van der Waals surface area contributed by atoms with Gasteiger partial charge in [0.05, 0.1) is 18.2 Å². The fraction of sp³-hybridized carbons (Fsp3) is 0.200. The summed E-state index contributed by atoms with van der Waals surface area (Å²) in [4.78, 5) is 6.28. The molecular formula is C20H19N3O. The molecule has 3 aromatic rings. The number of benzene rings is 1. The van der Waals surface area contributed by atoms with Gasteiger partial charge < -0.3 is 4.42 Å². The minimum Gasteiger partial charge on any atom is -0.460 e. The predicted molar refractivity (Wildman–Crippen MR) is 93.0 cm³/mol. The molecule has 0 bridgehead atoms. The number of nitriles is 1. The summed E-state index contributed by atoms with van der Waals surface area (Å²) in [6.45, 7) is 2.85. The maximum Gasteiger partial charge on any atom is 0.135 e. The van der Waals surface area contributed by atoms with E-state index >= 15 is 0 Å². The van der Waals surface area contributed by atoms with E-state index in [4.69, 9.17) is 4.42 Å². The standard InChI is InChI=1S/C20H19N3O/c1-15(16-9-11-22-12-10-16)23(2)14-18-7-8-20(24-18)19-6-4-3-5-17(19)13-21/h3-12,15H,14H2,1-2H3/t15-/m0/s1. The zero-order valence-corrected chi connectivity index (χ0v) is 13.8. The molecule has 0 saturated heterocycles. The molecular weight excluding hydrogens is 298 g/mol. The second-order valence-electron chi connectivity index (χ2n) is 5.79. The number of hydrogen-bond acceptors (Lipinski definition) is 4. The molecule has 2 heterocycles. The van der Waals surface area contributed by atoms with Crippen molar-refractivity contribution in [1.29, 1.82) is 5.26 Å². The smallest absolute Gasteiger partial charge is 0.135 e. The topological polar surface area (TPSA) is 53.1 Å². The van der Waals surface area contributed by atoms with Crippen LogP contribution in [0.3, 0.4) is 0 Å². The molecule has 1 aromatic carbocycles. The van der Waals surface area contributed by atoms with Crippen LogP contribution in [-0.2, 0) is 6.54 Å². The third kappa shape index (κ3) is 3.37. The summed E-state index contributed by atoms with van der Waals surface area (Å²) in [7, 11) is 2.07. The van der Waals surface area contributed by atoms with Crippen molar-refractivity contribution in [1.82, 2.24) is 9.88 Å². The van der Waals surface area contributed by atoms with E-state index in [0.717, 1.165) is 17.1 Å². The minimum absolute atomic E-state index is 0.257. The van der Waals surface area contributed by atoms with E-state index in [0.29, 0.717) is 12.1 Å². The largest absolute Gasteiger partial charge is 0.460 e. The third-order valence-electron chi connectivity index (χ3n) is 4.23. The van der Waals surface area contributed by atoms with Crippen LogP contribution in [0.1, 0.15) is 29.9 Å². The summed E-state index contributed by atoms with van der Waals surface area (Å²) in [5.74, 6) is 1.60. The Hall–Kier alpha value is -2.90. The Morgan fingerprint density at radius 1 is 1.12 bits per heavy atom. The van der Waals surface area contributed by atoms with Crippen molar-refractivity contribution in [3.8, 4) is 17.4 Å². The van der Waals surface area contributed by atoms with E-state index < -0.39 is 0 Å². The monoisotopic (exact) mass is 317 g/mol.